The van der Waals surface area contributed by atoms with Crippen LogP contribution >= 0.6 is 0 Å². The van der Waals surface area contributed by atoms with Gasteiger partial charge >= 0.3 is 0 Å². The van der Waals surface area contributed by atoms with E-state index < -0.39 is 0 Å². The summed E-state index contributed by atoms with van der Waals surface area (Å²) in [4.78, 5) is 10.1. The fourth-order valence-electron chi connectivity index (χ4n) is 0.370. The smallest absolute Gasteiger partial charge is 0.167 e. The summed E-state index contributed by atoms with van der Waals surface area (Å²) in [5.41, 5.74) is 2.67. The van der Waals surface area contributed by atoms with Crippen molar-refractivity contribution in [3.63, 3.8) is 0 Å². The molecule has 1 heteroatoms. The van der Waals surface area contributed by atoms with Crippen molar-refractivity contribution >= 4 is 5.78 Å². The zero-order valence-electron chi connectivity index (χ0n) is 3.27. The van der Waals surface area contributed by atoms with Crippen molar-refractivity contribution in [3.8, 4) is 0 Å². The summed E-state index contributed by atoms with van der Waals surface area (Å²) in [6.07, 6.45) is 3.74. The van der Waals surface area contributed by atoms with Crippen molar-refractivity contribution in [1.82, 2.24) is 0 Å². The van der Waals surface area contributed by atoms with Gasteiger partial charge in [0.1, 0.15) is 0 Å². The average molecular weight is 80.1 g/mol. The van der Waals surface area contributed by atoms with Crippen LogP contribution in [0.15, 0.2) is 17.9 Å². The van der Waals surface area contributed by atoms with Gasteiger partial charge in [-0.25, -0.2) is 0 Å². The first-order valence-corrected chi connectivity index (χ1v) is 1.83. The topological polar surface area (TPSA) is 17.1 Å². The average Bonchev–Trinajstić information content (AvgIpc) is 1.86. The van der Waals surface area contributed by atoms with Gasteiger partial charge in [-0.3, -0.25) is 4.79 Å². The number of carbonyl (C=O) groups is 1. The van der Waals surface area contributed by atoms with Crippen LogP contribution in [0.3, 0.4) is 0 Å². The SMILES string of the molecule is O=C1C=C=CC1. The maximum Gasteiger partial charge on any atom is 0.167 e. The Morgan fingerprint density at radius 1 is 1.83 bits per heavy atom. The fraction of sp³-hybridized carbons (Fsp3) is 0.200. The number of hydrogen-bond acceptors (Lipinski definition) is 1. The quantitative estimate of drug-likeness (QED) is 0.391. The van der Waals surface area contributed by atoms with Gasteiger partial charge < -0.3 is 0 Å². The fourth-order valence-corrected chi connectivity index (χ4v) is 0.370. The summed E-state index contributed by atoms with van der Waals surface area (Å²) >= 11 is 0. The highest BCUT2D eigenvalue weighted by Gasteiger charge is 1.93. The van der Waals surface area contributed by atoms with E-state index in [0.717, 1.165) is 0 Å². The molecule has 0 aliphatic heterocycles. The van der Waals surface area contributed by atoms with Crippen molar-refractivity contribution in [1.29, 1.82) is 0 Å². The van der Waals surface area contributed by atoms with E-state index in [1.807, 2.05) is 0 Å². The van der Waals surface area contributed by atoms with Crippen LogP contribution in [0.2, 0.25) is 0 Å². The summed E-state index contributed by atoms with van der Waals surface area (Å²) < 4.78 is 0. The summed E-state index contributed by atoms with van der Waals surface area (Å²) in [5.74, 6) is 0.162. The molecule has 0 saturated heterocycles. The molecule has 0 fully saturated rings. The molecule has 30 valence electrons. The maximum absolute atomic E-state index is 10.1. The molecule has 0 amide bonds. The zero-order chi connectivity index (χ0) is 4.41. The third-order valence-corrected chi connectivity index (χ3v) is 0.665. The molecule has 0 heterocycles. The number of rotatable bonds is 0. The predicted octanol–water partition coefficient (Wildman–Crippen LogP) is 0.670. The molecule has 0 atom stereocenters. The molecular weight excluding hydrogens is 76.1 g/mol. The highest BCUT2D eigenvalue weighted by atomic mass is 16.1. The minimum atomic E-state index is 0.162. The van der Waals surface area contributed by atoms with E-state index in [2.05, 4.69) is 5.73 Å². The molecule has 0 radical (unpaired) electrons. The van der Waals surface area contributed by atoms with Crippen molar-refractivity contribution in [2.24, 2.45) is 0 Å². The van der Waals surface area contributed by atoms with Crippen molar-refractivity contribution in [2.75, 3.05) is 0 Å². The molecule has 1 aliphatic rings. The second kappa shape index (κ2) is 1.11. The normalized spacial score (nSPS) is 17.0. The molecule has 1 aliphatic carbocycles. The molecule has 0 aromatic rings. The maximum atomic E-state index is 10.1. The van der Waals surface area contributed by atoms with Crippen molar-refractivity contribution in [3.05, 3.63) is 17.9 Å². The van der Waals surface area contributed by atoms with Crippen molar-refractivity contribution < 1.29 is 4.79 Å². The van der Waals surface area contributed by atoms with Crippen LogP contribution in [0.5, 0.6) is 0 Å². The van der Waals surface area contributed by atoms with Gasteiger partial charge in [-0.1, -0.05) is 0 Å². The Hall–Kier alpha value is -0.810. The lowest BCUT2D eigenvalue weighted by Crippen LogP contribution is -1.80. The Balaban J connectivity index is 2.79. The third kappa shape index (κ3) is 0.399. The van der Waals surface area contributed by atoms with Gasteiger partial charge in [0.05, 0.1) is 0 Å². The van der Waals surface area contributed by atoms with Crippen LogP contribution in [0.25, 0.3) is 0 Å². The first kappa shape index (κ1) is 3.38. The number of allylic oxidation sites excluding steroid dienone is 1. The van der Waals surface area contributed by atoms with E-state index in [9.17, 15) is 4.79 Å². The summed E-state index contributed by atoms with van der Waals surface area (Å²) in [7, 11) is 0. The van der Waals surface area contributed by atoms with E-state index in [1.54, 1.807) is 6.08 Å². The highest BCUT2D eigenvalue weighted by Crippen LogP contribution is 1.91. The Kier molecular flexibility index (Phi) is 0.627. The van der Waals surface area contributed by atoms with Crippen LogP contribution < -0.4 is 0 Å². The second-order valence-corrected chi connectivity index (χ2v) is 1.19. The lowest BCUT2D eigenvalue weighted by Gasteiger charge is -1.68. The second-order valence-electron chi connectivity index (χ2n) is 1.19. The van der Waals surface area contributed by atoms with Crippen LogP contribution in [0.4, 0.5) is 0 Å². The van der Waals surface area contributed by atoms with E-state index >= 15 is 0 Å². The molecule has 0 aromatic carbocycles. The third-order valence-electron chi connectivity index (χ3n) is 0.665. The molecule has 0 N–H and O–H groups in total. The van der Waals surface area contributed by atoms with Gasteiger partial charge in [-0.2, -0.15) is 0 Å². The molecule has 6 heavy (non-hydrogen) atoms. The minimum absolute atomic E-state index is 0.162. The van der Waals surface area contributed by atoms with Gasteiger partial charge in [0.2, 0.25) is 0 Å². The summed E-state index contributed by atoms with van der Waals surface area (Å²) in [5, 5.41) is 0. The molecule has 0 saturated carbocycles. The van der Waals surface area contributed by atoms with Crippen molar-refractivity contribution in [2.45, 2.75) is 6.42 Å². The van der Waals surface area contributed by atoms with E-state index in [0.29, 0.717) is 6.42 Å². The molecule has 1 nitrogen and oxygen atoms in total. The molecule has 1 rings (SSSR count). The zero-order valence-corrected chi connectivity index (χ0v) is 3.27. The Labute approximate surface area is 36.0 Å². The van der Waals surface area contributed by atoms with Gasteiger partial charge in [0.15, 0.2) is 5.78 Å². The Bertz CT molecular complexity index is 127. The standard InChI is InChI=1S/C5H4O/c6-5-3-1-2-4-5/h1,4H,3H2. The Morgan fingerprint density at radius 2 is 2.67 bits per heavy atom. The molecule has 0 aromatic heterocycles. The Morgan fingerprint density at radius 3 is 2.83 bits per heavy atom. The number of carbonyl (C=O) groups excluding carboxylic acids is 1. The minimum Gasteiger partial charge on any atom is -0.294 e. The van der Waals surface area contributed by atoms with Gasteiger partial charge in [0.25, 0.3) is 0 Å². The molecule has 0 unspecified atom stereocenters. The van der Waals surface area contributed by atoms with Gasteiger partial charge in [-0.05, 0) is 6.08 Å². The first-order chi connectivity index (χ1) is 2.89. The van der Waals surface area contributed by atoms with E-state index in [-0.39, 0.29) is 5.78 Å². The van der Waals surface area contributed by atoms with Crippen LogP contribution in [-0.4, -0.2) is 5.78 Å². The molecule has 0 spiro atoms. The first-order valence-electron chi connectivity index (χ1n) is 1.83. The van der Waals surface area contributed by atoms with E-state index in [1.165, 1.54) is 6.08 Å². The summed E-state index contributed by atoms with van der Waals surface area (Å²) in [6, 6.07) is 0. The lowest BCUT2D eigenvalue weighted by molar-refractivity contribution is -0.113. The van der Waals surface area contributed by atoms with Crippen LogP contribution in [0.1, 0.15) is 6.42 Å². The van der Waals surface area contributed by atoms with Crippen LogP contribution in [-0.2, 0) is 4.79 Å². The van der Waals surface area contributed by atoms with Crippen LogP contribution in [0, 0.1) is 0 Å². The van der Waals surface area contributed by atoms with Gasteiger partial charge in [0, 0.05) is 12.5 Å². The lowest BCUT2D eigenvalue weighted by atomic mass is 10.4. The molecular formula is C5H4O. The highest BCUT2D eigenvalue weighted by molar-refractivity contribution is 5.92. The number of hydrogen-bond donors (Lipinski definition) is 0. The molecule has 0 bridgehead atoms. The predicted molar refractivity (Wildman–Crippen MR) is 22.3 cm³/mol. The largest absolute Gasteiger partial charge is 0.294 e. The van der Waals surface area contributed by atoms with E-state index in [4.69, 9.17) is 0 Å². The van der Waals surface area contributed by atoms with Gasteiger partial charge in [-0.15, -0.1) is 5.73 Å². The summed E-state index contributed by atoms with van der Waals surface area (Å²) in [6.45, 7) is 0. The monoisotopic (exact) mass is 80.0 g/mol. The number of ketones is 1.